The molecular weight excluding hydrogens is 380 g/mol. The molecule has 0 aliphatic rings. The van der Waals surface area contributed by atoms with Crippen LogP contribution in [0.15, 0.2) is 49.1 Å². The van der Waals surface area contributed by atoms with Crippen molar-refractivity contribution in [3.05, 3.63) is 60.4 Å². The van der Waals surface area contributed by atoms with Crippen molar-refractivity contribution in [2.24, 2.45) is 0 Å². The minimum atomic E-state index is -0.934. The molecule has 0 aromatic carbocycles. The van der Waals surface area contributed by atoms with E-state index in [1.807, 2.05) is 44.3 Å². The number of aliphatic hydroxyl groups is 1. The van der Waals surface area contributed by atoms with Gasteiger partial charge in [-0.25, -0.2) is 9.50 Å². The fraction of sp³-hybridized carbons (Fsp3) is 0.273. The Labute approximate surface area is 174 Å². The van der Waals surface area contributed by atoms with Crippen LogP contribution < -0.4 is 10.1 Å². The highest BCUT2D eigenvalue weighted by Crippen LogP contribution is 2.32. The number of aromatic nitrogens is 5. The largest absolute Gasteiger partial charge is 0.488 e. The van der Waals surface area contributed by atoms with Crippen molar-refractivity contribution in [2.75, 3.05) is 11.9 Å². The average Bonchev–Trinajstić information content (AvgIpc) is 3.09. The maximum atomic E-state index is 10.0. The first-order valence-electron chi connectivity index (χ1n) is 9.64. The summed E-state index contributed by atoms with van der Waals surface area (Å²) in [6, 6.07) is 7.92. The van der Waals surface area contributed by atoms with Gasteiger partial charge < -0.3 is 15.2 Å². The smallest absolute Gasteiger partial charge is 0.154 e. The average molecular weight is 404 g/mol. The SMILES string of the molecule is Cc1cnc(Nc2cc3cc(-c4cc(C)ncc4OCC(C)(C)O)ccn3n2)cn1. The predicted molar refractivity (Wildman–Crippen MR) is 115 cm³/mol. The van der Waals surface area contributed by atoms with E-state index in [1.165, 1.54) is 0 Å². The molecule has 0 saturated heterocycles. The Morgan fingerprint density at radius 2 is 1.80 bits per heavy atom. The van der Waals surface area contributed by atoms with Crippen LogP contribution in [0.2, 0.25) is 0 Å². The lowest BCUT2D eigenvalue weighted by atomic mass is 10.1. The topological polar surface area (TPSA) is 97.5 Å². The van der Waals surface area contributed by atoms with E-state index in [9.17, 15) is 5.11 Å². The van der Waals surface area contributed by atoms with Crippen LogP contribution in [0.4, 0.5) is 11.6 Å². The summed E-state index contributed by atoms with van der Waals surface area (Å²) in [5, 5.41) is 17.7. The van der Waals surface area contributed by atoms with Crippen molar-refractivity contribution in [1.82, 2.24) is 24.6 Å². The first-order chi connectivity index (χ1) is 14.3. The number of hydrogen-bond acceptors (Lipinski definition) is 7. The van der Waals surface area contributed by atoms with Crippen LogP contribution >= 0.6 is 0 Å². The Morgan fingerprint density at radius 1 is 1.00 bits per heavy atom. The van der Waals surface area contributed by atoms with Gasteiger partial charge in [0.2, 0.25) is 0 Å². The highest BCUT2D eigenvalue weighted by atomic mass is 16.5. The number of anilines is 2. The van der Waals surface area contributed by atoms with Crippen LogP contribution in [0.1, 0.15) is 25.2 Å². The minimum absolute atomic E-state index is 0.172. The molecule has 2 N–H and O–H groups in total. The third kappa shape index (κ3) is 4.55. The zero-order chi connectivity index (χ0) is 21.3. The molecule has 0 saturated carbocycles. The lowest BCUT2D eigenvalue weighted by Crippen LogP contribution is -2.28. The predicted octanol–water partition coefficient (Wildman–Crippen LogP) is 3.70. The van der Waals surface area contributed by atoms with Gasteiger partial charge in [0.25, 0.3) is 0 Å². The number of hydrogen-bond donors (Lipinski definition) is 2. The highest BCUT2D eigenvalue weighted by molar-refractivity contribution is 5.75. The first kappa shape index (κ1) is 19.8. The van der Waals surface area contributed by atoms with Crippen molar-refractivity contribution < 1.29 is 9.84 Å². The maximum Gasteiger partial charge on any atom is 0.154 e. The summed E-state index contributed by atoms with van der Waals surface area (Å²) < 4.78 is 7.64. The quantitative estimate of drug-likeness (QED) is 0.506. The van der Waals surface area contributed by atoms with Crippen LogP contribution in [0.5, 0.6) is 5.75 Å². The van der Waals surface area contributed by atoms with E-state index in [-0.39, 0.29) is 6.61 Å². The fourth-order valence-electron chi connectivity index (χ4n) is 2.95. The third-order valence-corrected chi connectivity index (χ3v) is 4.40. The van der Waals surface area contributed by atoms with Gasteiger partial charge in [0.15, 0.2) is 5.82 Å². The molecule has 4 rings (SSSR count). The van der Waals surface area contributed by atoms with E-state index in [0.29, 0.717) is 17.4 Å². The van der Waals surface area contributed by atoms with E-state index in [1.54, 1.807) is 37.0 Å². The van der Waals surface area contributed by atoms with Crippen molar-refractivity contribution in [3.8, 4) is 16.9 Å². The number of nitrogens with zero attached hydrogens (tertiary/aromatic N) is 5. The first-order valence-corrected chi connectivity index (χ1v) is 9.64. The zero-order valence-corrected chi connectivity index (χ0v) is 17.4. The third-order valence-electron chi connectivity index (χ3n) is 4.40. The summed E-state index contributed by atoms with van der Waals surface area (Å²) in [5.41, 5.74) is 3.61. The molecule has 0 radical (unpaired) electrons. The summed E-state index contributed by atoms with van der Waals surface area (Å²) >= 11 is 0. The van der Waals surface area contributed by atoms with Crippen molar-refractivity contribution in [1.29, 1.82) is 0 Å². The van der Waals surface area contributed by atoms with E-state index >= 15 is 0 Å². The molecule has 4 aromatic rings. The molecule has 8 nitrogen and oxygen atoms in total. The summed E-state index contributed by atoms with van der Waals surface area (Å²) in [5.74, 6) is 1.94. The monoisotopic (exact) mass is 404 g/mol. The standard InChI is InChI=1S/C22H24N6O2/c1-14-7-18(19(11-23-14)30-13-22(3,4)29)16-5-6-28-17(8-16)9-20(27-28)26-21-12-24-15(2)10-25-21/h5-12,29H,13H2,1-4H3,(H,25,26,27). The second kappa shape index (κ2) is 7.72. The van der Waals surface area contributed by atoms with Crippen molar-refractivity contribution in [2.45, 2.75) is 33.3 Å². The normalized spacial score (nSPS) is 11.6. The van der Waals surface area contributed by atoms with Crippen LogP contribution in [-0.4, -0.2) is 41.9 Å². The number of nitrogens with one attached hydrogen (secondary N) is 1. The lowest BCUT2D eigenvalue weighted by Gasteiger charge is -2.19. The van der Waals surface area contributed by atoms with Gasteiger partial charge in [-0.1, -0.05) is 0 Å². The molecule has 0 fully saturated rings. The number of pyridine rings is 2. The van der Waals surface area contributed by atoms with Crippen molar-refractivity contribution in [3.63, 3.8) is 0 Å². The van der Waals surface area contributed by atoms with Crippen LogP contribution in [0, 0.1) is 13.8 Å². The Morgan fingerprint density at radius 3 is 2.53 bits per heavy atom. The lowest BCUT2D eigenvalue weighted by molar-refractivity contribution is 0.0286. The Balaban J connectivity index is 1.65. The number of aryl methyl sites for hydroxylation is 2. The molecule has 0 bridgehead atoms. The molecule has 0 spiro atoms. The number of ether oxygens (including phenoxy) is 1. The highest BCUT2D eigenvalue weighted by Gasteiger charge is 2.16. The molecule has 30 heavy (non-hydrogen) atoms. The van der Waals surface area contributed by atoms with Crippen LogP contribution in [-0.2, 0) is 0 Å². The molecule has 8 heteroatoms. The van der Waals surface area contributed by atoms with E-state index < -0.39 is 5.60 Å². The fourth-order valence-corrected chi connectivity index (χ4v) is 2.95. The molecule has 4 aromatic heterocycles. The molecule has 0 aliphatic carbocycles. The van der Waals surface area contributed by atoms with Gasteiger partial charge in [0, 0.05) is 23.5 Å². The van der Waals surface area contributed by atoms with Crippen LogP contribution in [0.3, 0.4) is 0 Å². The Kier molecular flexibility index (Phi) is 5.09. The second-order valence-electron chi connectivity index (χ2n) is 7.91. The molecule has 0 unspecified atom stereocenters. The van der Waals surface area contributed by atoms with Crippen molar-refractivity contribution >= 4 is 17.2 Å². The molecule has 4 heterocycles. The van der Waals surface area contributed by atoms with Gasteiger partial charge in [0.05, 0.1) is 35.4 Å². The van der Waals surface area contributed by atoms with Gasteiger partial charge in [0.1, 0.15) is 18.2 Å². The van der Waals surface area contributed by atoms with E-state index in [2.05, 4.69) is 25.4 Å². The van der Waals surface area contributed by atoms with Gasteiger partial charge in [-0.15, -0.1) is 0 Å². The van der Waals surface area contributed by atoms with Gasteiger partial charge in [-0.05, 0) is 51.5 Å². The number of rotatable bonds is 6. The number of fused-ring (bicyclic) bond motifs is 1. The van der Waals surface area contributed by atoms with Crippen LogP contribution in [0.25, 0.3) is 16.6 Å². The summed E-state index contributed by atoms with van der Waals surface area (Å²) in [6.07, 6.45) is 6.97. The van der Waals surface area contributed by atoms with E-state index in [4.69, 9.17) is 4.74 Å². The van der Waals surface area contributed by atoms with Gasteiger partial charge in [-0.2, -0.15) is 5.10 Å². The summed E-state index contributed by atoms with van der Waals surface area (Å²) in [7, 11) is 0. The van der Waals surface area contributed by atoms with Gasteiger partial charge in [-0.3, -0.25) is 9.97 Å². The van der Waals surface area contributed by atoms with E-state index in [0.717, 1.165) is 28.0 Å². The molecule has 0 aliphatic heterocycles. The zero-order valence-electron chi connectivity index (χ0n) is 17.4. The molecular formula is C22H24N6O2. The maximum absolute atomic E-state index is 10.0. The molecule has 0 atom stereocenters. The van der Waals surface area contributed by atoms with Gasteiger partial charge >= 0.3 is 0 Å². The summed E-state index contributed by atoms with van der Waals surface area (Å²) in [4.78, 5) is 12.9. The minimum Gasteiger partial charge on any atom is -0.488 e. The Bertz CT molecular complexity index is 1180. The molecule has 0 amide bonds. The summed E-state index contributed by atoms with van der Waals surface area (Å²) in [6.45, 7) is 7.42. The molecule has 154 valence electrons. The Hall–Kier alpha value is -3.52. The second-order valence-corrected chi connectivity index (χ2v) is 7.91.